The Morgan fingerprint density at radius 3 is 2.82 bits per heavy atom. The molecule has 0 amide bonds. The number of thioether (sulfide) groups is 1. The first-order valence-corrected chi connectivity index (χ1v) is 6.53. The molecular formula is C10H18N4O2S. The van der Waals surface area contributed by atoms with Crippen LogP contribution in [0, 0.1) is 0 Å². The molecule has 1 heterocycles. The van der Waals surface area contributed by atoms with Gasteiger partial charge in [0.2, 0.25) is 0 Å². The largest absolute Gasteiger partial charge is 0.339 e. The zero-order chi connectivity index (χ0) is 12.8. The molecule has 17 heavy (non-hydrogen) atoms. The predicted octanol–water partition coefficient (Wildman–Crippen LogP) is -0.0512. The average Bonchev–Trinajstić information content (AvgIpc) is 2.24. The van der Waals surface area contributed by atoms with E-state index in [1.54, 1.807) is 7.05 Å². The molecule has 1 rings (SSSR count). The first kappa shape index (κ1) is 14.0. The first-order chi connectivity index (χ1) is 8.00. The summed E-state index contributed by atoms with van der Waals surface area (Å²) in [6, 6.07) is 0.482. The Hall–Kier alpha value is -1.08. The summed E-state index contributed by atoms with van der Waals surface area (Å²) in [7, 11) is 1.67. The number of aromatic amines is 1. The number of aryl methyl sites for hydroxylation is 1. The lowest BCUT2D eigenvalue weighted by molar-refractivity contribution is 0.582. The maximum Gasteiger partial charge on any atom is 0.339 e. The lowest BCUT2D eigenvalue weighted by Gasteiger charge is -2.08. The molecule has 7 heteroatoms. The van der Waals surface area contributed by atoms with E-state index in [1.807, 2.05) is 0 Å². The number of aromatic nitrogens is 3. The Labute approximate surface area is 104 Å². The molecule has 2 N–H and O–H groups in total. The quantitative estimate of drug-likeness (QED) is 0.425. The molecule has 0 saturated carbocycles. The fourth-order valence-corrected chi connectivity index (χ4v) is 2.07. The number of nitrogens with zero attached hydrogens (tertiary/aromatic N) is 2. The lowest BCUT2D eigenvalue weighted by Crippen LogP contribution is -2.33. The van der Waals surface area contributed by atoms with Crippen molar-refractivity contribution in [1.29, 1.82) is 0 Å². The van der Waals surface area contributed by atoms with Crippen molar-refractivity contribution in [2.45, 2.75) is 31.5 Å². The second-order valence-electron chi connectivity index (χ2n) is 4.01. The standard InChI is InChI=1S/C10H18N4O2S/c1-7(2)11-5-4-6-17-10-12-8(15)9(16)13-14(10)3/h7,11H,4-6H2,1-3H3,(H,13,16). The summed E-state index contributed by atoms with van der Waals surface area (Å²) >= 11 is 1.46. The van der Waals surface area contributed by atoms with Gasteiger partial charge in [-0.3, -0.25) is 19.4 Å². The highest BCUT2D eigenvalue weighted by molar-refractivity contribution is 7.99. The molecule has 0 bridgehead atoms. The van der Waals surface area contributed by atoms with Crippen LogP contribution in [0.2, 0.25) is 0 Å². The van der Waals surface area contributed by atoms with Crippen molar-refractivity contribution < 1.29 is 0 Å². The fraction of sp³-hybridized carbons (Fsp3) is 0.700. The highest BCUT2D eigenvalue weighted by atomic mass is 32.2. The van der Waals surface area contributed by atoms with E-state index in [4.69, 9.17) is 0 Å². The highest BCUT2D eigenvalue weighted by Crippen LogP contribution is 2.11. The van der Waals surface area contributed by atoms with Crippen molar-refractivity contribution in [3.05, 3.63) is 20.7 Å². The number of H-pyrrole nitrogens is 1. The second kappa shape index (κ2) is 6.61. The molecule has 1 aromatic rings. The van der Waals surface area contributed by atoms with Crippen molar-refractivity contribution in [3.8, 4) is 0 Å². The van der Waals surface area contributed by atoms with Gasteiger partial charge in [-0.05, 0) is 13.0 Å². The molecule has 0 aromatic carbocycles. The van der Waals surface area contributed by atoms with Gasteiger partial charge in [-0.15, -0.1) is 0 Å². The minimum Gasteiger partial charge on any atom is -0.315 e. The predicted molar refractivity (Wildman–Crippen MR) is 68.6 cm³/mol. The van der Waals surface area contributed by atoms with Gasteiger partial charge in [0.1, 0.15) is 0 Å². The molecule has 0 radical (unpaired) electrons. The van der Waals surface area contributed by atoms with Crippen molar-refractivity contribution in [3.63, 3.8) is 0 Å². The third kappa shape index (κ3) is 4.74. The molecule has 0 saturated heterocycles. The number of nitrogens with one attached hydrogen (secondary N) is 2. The van der Waals surface area contributed by atoms with Gasteiger partial charge in [-0.2, -0.15) is 4.98 Å². The van der Waals surface area contributed by atoms with Crippen molar-refractivity contribution >= 4 is 11.8 Å². The van der Waals surface area contributed by atoms with Gasteiger partial charge in [0.05, 0.1) is 0 Å². The highest BCUT2D eigenvalue weighted by Gasteiger charge is 2.03. The van der Waals surface area contributed by atoms with Crippen LogP contribution in [0.25, 0.3) is 0 Å². The van der Waals surface area contributed by atoms with Crippen LogP contribution in [0.1, 0.15) is 20.3 Å². The van der Waals surface area contributed by atoms with Crippen LogP contribution in [-0.4, -0.2) is 33.1 Å². The summed E-state index contributed by atoms with van der Waals surface area (Å²) in [6.45, 7) is 5.13. The normalized spacial score (nSPS) is 11.1. The van der Waals surface area contributed by atoms with Crippen molar-refractivity contribution in [2.24, 2.45) is 7.05 Å². The molecule has 0 spiro atoms. The summed E-state index contributed by atoms with van der Waals surface area (Å²) in [5.41, 5.74) is -1.41. The maximum atomic E-state index is 11.1. The summed E-state index contributed by atoms with van der Waals surface area (Å²) in [5, 5.41) is 6.26. The molecule has 0 fully saturated rings. The summed E-state index contributed by atoms with van der Waals surface area (Å²) in [5.74, 6) is 0.853. The van der Waals surface area contributed by atoms with Crippen LogP contribution in [0.15, 0.2) is 14.7 Å². The van der Waals surface area contributed by atoms with E-state index in [-0.39, 0.29) is 0 Å². The molecule has 6 nitrogen and oxygen atoms in total. The van der Waals surface area contributed by atoms with Crippen molar-refractivity contribution in [1.82, 2.24) is 20.1 Å². The second-order valence-corrected chi connectivity index (χ2v) is 5.07. The van der Waals surface area contributed by atoms with Crippen LogP contribution >= 0.6 is 11.8 Å². The van der Waals surface area contributed by atoms with Gasteiger partial charge in [-0.25, -0.2) is 0 Å². The first-order valence-electron chi connectivity index (χ1n) is 5.54. The number of hydrogen-bond acceptors (Lipinski definition) is 5. The van der Waals surface area contributed by atoms with Gasteiger partial charge in [-0.1, -0.05) is 25.6 Å². The smallest absolute Gasteiger partial charge is 0.315 e. The van der Waals surface area contributed by atoms with Gasteiger partial charge in [0.25, 0.3) is 0 Å². The molecule has 1 aromatic heterocycles. The molecule has 96 valence electrons. The molecule has 0 aliphatic heterocycles. The van der Waals surface area contributed by atoms with Gasteiger partial charge in [0, 0.05) is 18.8 Å². The van der Waals surface area contributed by atoms with E-state index in [0.29, 0.717) is 11.2 Å². The number of rotatable bonds is 6. The Morgan fingerprint density at radius 1 is 1.47 bits per heavy atom. The van der Waals surface area contributed by atoms with E-state index in [1.165, 1.54) is 16.4 Å². The van der Waals surface area contributed by atoms with Crippen LogP contribution in [0.3, 0.4) is 0 Å². The van der Waals surface area contributed by atoms with E-state index in [2.05, 4.69) is 29.2 Å². The third-order valence-corrected chi connectivity index (χ3v) is 3.17. The van der Waals surface area contributed by atoms with E-state index in [0.717, 1.165) is 18.7 Å². The van der Waals surface area contributed by atoms with Gasteiger partial charge >= 0.3 is 11.1 Å². The zero-order valence-corrected chi connectivity index (χ0v) is 11.1. The van der Waals surface area contributed by atoms with E-state index in [9.17, 15) is 9.59 Å². The zero-order valence-electron chi connectivity index (χ0n) is 10.3. The summed E-state index contributed by atoms with van der Waals surface area (Å²) in [4.78, 5) is 25.8. The molecule has 0 atom stereocenters. The van der Waals surface area contributed by atoms with Crippen LogP contribution < -0.4 is 16.4 Å². The topological polar surface area (TPSA) is 79.8 Å². The fourth-order valence-electron chi connectivity index (χ4n) is 1.22. The van der Waals surface area contributed by atoms with E-state index >= 15 is 0 Å². The maximum absolute atomic E-state index is 11.1. The lowest BCUT2D eigenvalue weighted by atomic mass is 10.4. The SMILES string of the molecule is CC(C)NCCCSc1nc(=O)c(=O)[nH]n1C. The minimum atomic E-state index is -0.731. The number of hydrogen-bond donors (Lipinski definition) is 2. The Kier molecular flexibility index (Phi) is 5.43. The third-order valence-electron chi connectivity index (χ3n) is 2.05. The van der Waals surface area contributed by atoms with E-state index < -0.39 is 11.1 Å². The van der Waals surface area contributed by atoms with Crippen LogP contribution in [0.4, 0.5) is 0 Å². The monoisotopic (exact) mass is 258 g/mol. The minimum absolute atomic E-state index is 0.482. The average molecular weight is 258 g/mol. The van der Waals surface area contributed by atoms with Crippen LogP contribution in [-0.2, 0) is 7.05 Å². The van der Waals surface area contributed by atoms with Gasteiger partial charge < -0.3 is 5.32 Å². The Bertz CT molecular complexity index is 466. The molecular weight excluding hydrogens is 240 g/mol. The summed E-state index contributed by atoms with van der Waals surface area (Å²) in [6.07, 6.45) is 0.984. The van der Waals surface area contributed by atoms with Gasteiger partial charge in [0.15, 0.2) is 5.16 Å². The Balaban J connectivity index is 2.45. The summed E-state index contributed by atoms with van der Waals surface area (Å²) < 4.78 is 1.48. The van der Waals surface area contributed by atoms with Crippen LogP contribution in [0.5, 0.6) is 0 Å². The Morgan fingerprint density at radius 2 is 2.18 bits per heavy atom. The molecule has 0 aliphatic carbocycles. The molecule has 0 aliphatic rings. The van der Waals surface area contributed by atoms with Crippen molar-refractivity contribution in [2.75, 3.05) is 12.3 Å². The molecule has 0 unspecified atom stereocenters.